The Balaban J connectivity index is 0.000000357. The zero-order chi connectivity index (χ0) is 23.6. The van der Waals surface area contributed by atoms with E-state index >= 15 is 0 Å². The van der Waals surface area contributed by atoms with E-state index in [1.807, 2.05) is 0 Å². The van der Waals surface area contributed by atoms with Crippen LogP contribution in [0.25, 0.3) is 22.0 Å². The number of hydrogen-bond donors (Lipinski definition) is 1. The number of aromatic nitrogens is 1. The summed E-state index contributed by atoms with van der Waals surface area (Å²) in [5.41, 5.74) is 6.52. The van der Waals surface area contributed by atoms with Crippen molar-refractivity contribution >= 4 is 16.6 Å². The van der Waals surface area contributed by atoms with Crippen LogP contribution in [0.15, 0.2) is 54.4 Å². The molecule has 3 fully saturated rings. The summed E-state index contributed by atoms with van der Waals surface area (Å²) in [4.78, 5) is 15.0. The maximum Gasteiger partial charge on any atom is 0.155 e. The van der Waals surface area contributed by atoms with Crippen LogP contribution in [0.2, 0.25) is 0 Å². The molecule has 2 bridgehead atoms. The van der Waals surface area contributed by atoms with Gasteiger partial charge in [0.05, 0.1) is 5.76 Å². The molecule has 3 saturated carbocycles. The third-order valence-electron chi connectivity index (χ3n) is 7.28. The topological polar surface area (TPSA) is 50.2 Å². The maximum atomic E-state index is 10.0. The number of aliphatic hydroxyl groups excluding tert-OH is 1. The first-order chi connectivity index (χ1) is 15.8. The van der Waals surface area contributed by atoms with Gasteiger partial charge in [0.1, 0.15) is 0 Å². The minimum Gasteiger partial charge on any atom is -0.512 e. The predicted octanol–water partition coefficient (Wildman–Crippen LogP) is 7.58. The van der Waals surface area contributed by atoms with Gasteiger partial charge in [-0.05, 0) is 85.7 Å². The number of hydrogen-bond acceptors (Lipinski definition) is 3. The zero-order valence-electron chi connectivity index (χ0n) is 20.6. The summed E-state index contributed by atoms with van der Waals surface area (Å²) in [5, 5.41) is 11.1. The number of fused-ring (bicyclic) bond motifs is 4. The first-order valence-electron chi connectivity index (χ1n) is 12.0. The largest absolute Gasteiger partial charge is 0.512 e. The molecule has 1 aromatic heterocycles. The Morgan fingerprint density at radius 3 is 2.21 bits per heavy atom. The summed E-state index contributed by atoms with van der Waals surface area (Å²) in [5.74, 6) is 0.924. The number of aliphatic hydroxyl groups is 1. The molecule has 3 aliphatic carbocycles. The van der Waals surface area contributed by atoms with Crippen LogP contribution in [0.1, 0.15) is 69.1 Å². The Morgan fingerprint density at radius 1 is 1.06 bits per heavy atom. The monoisotopic (exact) mass is 633 g/mol. The predicted molar refractivity (Wildman–Crippen MR) is 135 cm³/mol. The van der Waals surface area contributed by atoms with Gasteiger partial charge in [-0.3, -0.25) is 4.79 Å². The van der Waals surface area contributed by atoms with Gasteiger partial charge < -0.3 is 10.1 Å². The molecular formula is C30H34IrNO2-. The SMILES string of the molecule is CC(=O)/C=C(/C)O.Cc1[c-]c(-c2ncc(C34CCC(CC3)CC4)c3ccccc23)cc(C)c1.[Ir]. The van der Waals surface area contributed by atoms with Crippen molar-refractivity contribution in [2.24, 2.45) is 5.92 Å². The van der Waals surface area contributed by atoms with Crippen LogP contribution >= 0.6 is 0 Å². The van der Waals surface area contributed by atoms with E-state index in [1.54, 1.807) is 0 Å². The number of rotatable bonds is 3. The molecule has 1 radical (unpaired) electrons. The van der Waals surface area contributed by atoms with Gasteiger partial charge in [-0.1, -0.05) is 38.1 Å². The molecule has 0 aliphatic heterocycles. The molecule has 6 rings (SSSR count). The number of carbonyl (C=O) groups excluding carboxylic acids is 1. The second-order valence-electron chi connectivity index (χ2n) is 9.98. The van der Waals surface area contributed by atoms with E-state index in [2.05, 4.69) is 62.5 Å². The number of aryl methyl sites for hydroxylation is 2. The van der Waals surface area contributed by atoms with Crippen molar-refractivity contribution < 1.29 is 30.0 Å². The van der Waals surface area contributed by atoms with E-state index in [0.717, 1.165) is 17.2 Å². The van der Waals surface area contributed by atoms with E-state index in [1.165, 1.54) is 85.9 Å². The number of nitrogens with zero attached hydrogens (tertiary/aromatic N) is 1. The quantitative estimate of drug-likeness (QED) is 0.184. The molecular weight excluding hydrogens is 599 g/mol. The van der Waals surface area contributed by atoms with Crippen molar-refractivity contribution in [3.05, 3.63) is 77.2 Å². The minimum absolute atomic E-state index is 0. The van der Waals surface area contributed by atoms with Crippen LogP contribution in [0, 0.1) is 25.8 Å². The van der Waals surface area contributed by atoms with Gasteiger partial charge >= 0.3 is 0 Å². The third kappa shape index (κ3) is 5.67. The third-order valence-corrected chi connectivity index (χ3v) is 7.28. The molecule has 0 amide bonds. The Labute approximate surface area is 217 Å². The van der Waals surface area contributed by atoms with Crippen LogP contribution in [0.3, 0.4) is 0 Å². The summed E-state index contributed by atoms with van der Waals surface area (Å²) >= 11 is 0. The summed E-state index contributed by atoms with van der Waals surface area (Å²) in [6.45, 7) is 7.12. The first-order valence-corrected chi connectivity index (χ1v) is 12.0. The Kier molecular flexibility index (Phi) is 8.49. The molecule has 4 heteroatoms. The fourth-order valence-corrected chi connectivity index (χ4v) is 5.80. The number of carbonyl (C=O) groups is 1. The zero-order valence-corrected chi connectivity index (χ0v) is 23.0. The first kappa shape index (κ1) is 26.3. The molecule has 0 saturated heterocycles. The van der Waals surface area contributed by atoms with Crippen molar-refractivity contribution in [3.8, 4) is 11.3 Å². The molecule has 0 spiro atoms. The van der Waals surface area contributed by atoms with Gasteiger partial charge in [0.15, 0.2) is 5.78 Å². The van der Waals surface area contributed by atoms with Crippen molar-refractivity contribution in [2.45, 2.75) is 71.6 Å². The molecule has 1 N–H and O–H groups in total. The Morgan fingerprint density at radius 2 is 1.68 bits per heavy atom. The number of allylic oxidation sites excluding steroid dienone is 2. The van der Waals surface area contributed by atoms with Crippen LogP contribution in [-0.2, 0) is 30.3 Å². The molecule has 3 nitrogen and oxygen atoms in total. The van der Waals surface area contributed by atoms with Gasteiger partial charge in [-0.15, -0.1) is 34.9 Å². The van der Waals surface area contributed by atoms with E-state index in [0.29, 0.717) is 5.41 Å². The van der Waals surface area contributed by atoms with Crippen LogP contribution in [0.4, 0.5) is 0 Å². The Hall–Kier alpha value is -2.29. The van der Waals surface area contributed by atoms with Gasteiger partial charge in [0.2, 0.25) is 0 Å². The number of pyridine rings is 1. The fourth-order valence-electron chi connectivity index (χ4n) is 5.80. The average molecular weight is 633 g/mol. The smallest absolute Gasteiger partial charge is 0.155 e. The van der Waals surface area contributed by atoms with Crippen LogP contribution < -0.4 is 0 Å². The summed E-state index contributed by atoms with van der Waals surface area (Å²) in [6, 6.07) is 16.8. The Bertz CT molecular complexity index is 1170. The summed E-state index contributed by atoms with van der Waals surface area (Å²) in [6.07, 6.45) is 11.6. The van der Waals surface area contributed by atoms with Crippen LogP contribution in [-0.4, -0.2) is 15.9 Å². The summed E-state index contributed by atoms with van der Waals surface area (Å²) in [7, 11) is 0. The van der Waals surface area contributed by atoms with Gasteiger partial charge in [-0.2, -0.15) is 0 Å². The second kappa shape index (κ2) is 11.0. The van der Waals surface area contributed by atoms with Gasteiger partial charge in [-0.25, -0.2) is 0 Å². The van der Waals surface area contributed by atoms with E-state index in [9.17, 15) is 4.79 Å². The van der Waals surface area contributed by atoms with Crippen LogP contribution in [0.5, 0.6) is 0 Å². The molecule has 181 valence electrons. The average Bonchev–Trinajstić information content (AvgIpc) is 2.78. The summed E-state index contributed by atoms with van der Waals surface area (Å²) < 4.78 is 0. The number of benzene rings is 2. The second-order valence-corrected chi connectivity index (χ2v) is 9.98. The fraction of sp³-hybridized carbons (Fsp3) is 0.400. The molecule has 3 aromatic rings. The number of ketones is 1. The van der Waals surface area contributed by atoms with Gasteiger partial charge in [0.25, 0.3) is 0 Å². The van der Waals surface area contributed by atoms with Crippen molar-refractivity contribution in [2.75, 3.05) is 0 Å². The van der Waals surface area contributed by atoms with E-state index in [-0.39, 0.29) is 31.6 Å². The molecule has 1 heterocycles. The van der Waals surface area contributed by atoms with E-state index in [4.69, 9.17) is 10.1 Å². The maximum absolute atomic E-state index is 10.0. The molecule has 0 unspecified atom stereocenters. The molecule has 34 heavy (non-hydrogen) atoms. The molecule has 3 aliphatic rings. The normalized spacial score (nSPS) is 21.4. The standard InChI is InChI=1S/C25H26N.C5H8O2.Ir/c1-17-13-18(2)15-20(14-17)24-22-6-4-3-5-21(22)23(16-26-24)25-10-7-19(8-11-25)9-12-25;1-4(6)3-5(2)7;/h3-6,13-14,16,19H,7-12H2,1-2H3;3,6H,1-2H3;/q-1;;/b;4-3-;. The van der Waals surface area contributed by atoms with Crippen molar-refractivity contribution in [1.82, 2.24) is 4.98 Å². The van der Waals surface area contributed by atoms with Crippen molar-refractivity contribution in [3.63, 3.8) is 0 Å². The van der Waals surface area contributed by atoms with E-state index < -0.39 is 0 Å². The minimum atomic E-state index is -0.125. The van der Waals surface area contributed by atoms with Gasteiger partial charge in [0, 0.05) is 32.4 Å². The van der Waals surface area contributed by atoms with Crippen molar-refractivity contribution in [1.29, 1.82) is 0 Å². The molecule has 2 aromatic carbocycles. The molecule has 0 atom stereocenters.